The molecule has 2 heterocycles. The summed E-state index contributed by atoms with van der Waals surface area (Å²) in [6.45, 7) is 5.60. The SMILES string of the molecule is CC(C)Cc1cc(C2CCCN2)n[nH]1. The van der Waals surface area contributed by atoms with Crippen LogP contribution in [0.3, 0.4) is 0 Å². The summed E-state index contributed by atoms with van der Waals surface area (Å²) >= 11 is 0. The Labute approximate surface area is 85.3 Å². The first kappa shape index (κ1) is 9.71. The second kappa shape index (κ2) is 4.13. The maximum atomic E-state index is 4.36. The summed E-state index contributed by atoms with van der Waals surface area (Å²) in [5, 5.41) is 10.9. The quantitative estimate of drug-likeness (QED) is 0.771. The van der Waals surface area contributed by atoms with Crippen molar-refractivity contribution in [2.75, 3.05) is 6.54 Å². The smallest absolute Gasteiger partial charge is 0.0794 e. The van der Waals surface area contributed by atoms with Gasteiger partial charge in [0, 0.05) is 5.69 Å². The van der Waals surface area contributed by atoms with Crippen molar-refractivity contribution in [3.05, 3.63) is 17.5 Å². The van der Waals surface area contributed by atoms with Crippen LogP contribution in [0.25, 0.3) is 0 Å². The summed E-state index contributed by atoms with van der Waals surface area (Å²) in [6.07, 6.45) is 3.60. The summed E-state index contributed by atoms with van der Waals surface area (Å²) in [7, 11) is 0. The molecule has 0 saturated carbocycles. The van der Waals surface area contributed by atoms with E-state index in [2.05, 4.69) is 35.4 Å². The third kappa shape index (κ3) is 2.15. The lowest BCUT2D eigenvalue weighted by atomic mass is 10.1. The van der Waals surface area contributed by atoms with Gasteiger partial charge in [-0.1, -0.05) is 13.8 Å². The number of H-pyrrole nitrogens is 1. The molecule has 0 aliphatic carbocycles. The van der Waals surface area contributed by atoms with Crippen molar-refractivity contribution in [2.45, 2.75) is 39.2 Å². The highest BCUT2D eigenvalue weighted by Crippen LogP contribution is 2.22. The molecule has 78 valence electrons. The summed E-state index contributed by atoms with van der Waals surface area (Å²) in [5.41, 5.74) is 2.46. The van der Waals surface area contributed by atoms with Crippen LogP contribution < -0.4 is 5.32 Å². The fraction of sp³-hybridized carbons (Fsp3) is 0.727. The molecule has 0 amide bonds. The molecule has 1 unspecified atom stereocenters. The Kier molecular flexibility index (Phi) is 2.87. The maximum absolute atomic E-state index is 4.36. The van der Waals surface area contributed by atoms with E-state index in [1.54, 1.807) is 0 Å². The van der Waals surface area contributed by atoms with Crippen LogP contribution in [0.1, 0.15) is 44.1 Å². The standard InChI is InChI=1S/C11H19N3/c1-8(2)6-9-7-11(14-13-9)10-4-3-5-12-10/h7-8,10,12H,3-6H2,1-2H3,(H,13,14). The number of nitrogens with one attached hydrogen (secondary N) is 2. The zero-order valence-corrected chi connectivity index (χ0v) is 9.01. The predicted molar refractivity (Wildman–Crippen MR) is 57.1 cm³/mol. The molecule has 3 heteroatoms. The summed E-state index contributed by atoms with van der Waals surface area (Å²) in [5.74, 6) is 0.694. The van der Waals surface area contributed by atoms with Crippen LogP contribution in [0, 0.1) is 5.92 Å². The van der Waals surface area contributed by atoms with E-state index >= 15 is 0 Å². The molecule has 1 aliphatic heterocycles. The molecule has 14 heavy (non-hydrogen) atoms. The van der Waals surface area contributed by atoms with E-state index in [1.165, 1.54) is 24.2 Å². The summed E-state index contributed by atoms with van der Waals surface area (Å²) in [4.78, 5) is 0. The van der Waals surface area contributed by atoms with Gasteiger partial charge in [-0.3, -0.25) is 5.10 Å². The number of nitrogens with zero attached hydrogens (tertiary/aromatic N) is 1. The molecule has 1 aromatic rings. The second-order valence-electron chi connectivity index (χ2n) is 4.56. The van der Waals surface area contributed by atoms with E-state index in [4.69, 9.17) is 0 Å². The van der Waals surface area contributed by atoms with Gasteiger partial charge in [0.2, 0.25) is 0 Å². The van der Waals surface area contributed by atoms with E-state index in [0.29, 0.717) is 12.0 Å². The van der Waals surface area contributed by atoms with Gasteiger partial charge in [-0.05, 0) is 37.8 Å². The van der Waals surface area contributed by atoms with Gasteiger partial charge in [0.25, 0.3) is 0 Å². The van der Waals surface area contributed by atoms with E-state index in [1.807, 2.05) is 0 Å². The minimum Gasteiger partial charge on any atom is -0.309 e. The normalized spacial score (nSPS) is 22.1. The molecule has 1 fully saturated rings. The highest BCUT2D eigenvalue weighted by atomic mass is 15.1. The Balaban J connectivity index is 2.01. The average Bonchev–Trinajstić information content (AvgIpc) is 2.69. The lowest BCUT2D eigenvalue weighted by molar-refractivity contribution is 0.624. The van der Waals surface area contributed by atoms with E-state index < -0.39 is 0 Å². The lowest BCUT2D eigenvalue weighted by Gasteiger charge is -2.04. The largest absolute Gasteiger partial charge is 0.309 e. The third-order valence-electron chi connectivity index (χ3n) is 2.70. The minimum absolute atomic E-state index is 0.493. The van der Waals surface area contributed by atoms with Gasteiger partial charge in [-0.25, -0.2) is 0 Å². The van der Waals surface area contributed by atoms with Crippen LogP contribution in [0.5, 0.6) is 0 Å². The van der Waals surface area contributed by atoms with E-state index in [9.17, 15) is 0 Å². The van der Waals surface area contributed by atoms with E-state index in [0.717, 1.165) is 13.0 Å². The number of aromatic nitrogens is 2. The van der Waals surface area contributed by atoms with Crippen molar-refractivity contribution < 1.29 is 0 Å². The van der Waals surface area contributed by atoms with Gasteiger partial charge in [-0.2, -0.15) is 5.10 Å². The van der Waals surface area contributed by atoms with Crippen LogP contribution in [0.2, 0.25) is 0 Å². The molecule has 2 N–H and O–H groups in total. The van der Waals surface area contributed by atoms with Gasteiger partial charge in [0.05, 0.1) is 11.7 Å². The Morgan fingerprint density at radius 1 is 1.57 bits per heavy atom. The molecule has 0 bridgehead atoms. The molecule has 3 nitrogen and oxygen atoms in total. The Morgan fingerprint density at radius 2 is 2.43 bits per heavy atom. The van der Waals surface area contributed by atoms with Gasteiger partial charge in [-0.15, -0.1) is 0 Å². The van der Waals surface area contributed by atoms with E-state index in [-0.39, 0.29) is 0 Å². The zero-order valence-electron chi connectivity index (χ0n) is 9.01. The van der Waals surface area contributed by atoms with Crippen LogP contribution in [0.4, 0.5) is 0 Å². The molecule has 0 aromatic carbocycles. The number of hydrogen-bond acceptors (Lipinski definition) is 2. The Morgan fingerprint density at radius 3 is 3.07 bits per heavy atom. The molecular weight excluding hydrogens is 174 g/mol. The molecular formula is C11H19N3. The highest BCUT2D eigenvalue weighted by Gasteiger charge is 2.18. The maximum Gasteiger partial charge on any atom is 0.0794 e. The summed E-state index contributed by atoms with van der Waals surface area (Å²) < 4.78 is 0. The highest BCUT2D eigenvalue weighted by molar-refractivity contribution is 5.14. The second-order valence-corrected chi connectivity index (χ2v) is 4.56. The summed E-state index contributed by atoms with van der Waals surface area (Å²) in [6, 6.07) is 2.70. The van der Waals surface area contributed by atoms with Crippen molar-refractivity contribution in [3.8, 4) is 0 Å². The van der Waals surface area contributed by atoms with Crippen molar-refractivity contribution in [1.82, 2.24) is 15.5 Å². The fourth-order valence-corrected chi connectivity index (χ4v) is 2.04. The number of rotatable bonds is 3. The topological polar surface area (TPSA) is 40.7 Å². The van der Waals surface area contributed by atoms with Crippen LogP contribution in [-0.4, -0.2) is 16.7 Å². The van der Waals surface area contributed by atoms with Crippen molar-refractivity contribution in [2.24, 2.45) is 5.92 Å². The first-order chi connectivity index (χ1) is 6.75. The minimum atomic E-state index is 0.493. The van der Waals surface area contributed by atoms with Crippen LogP contribution in [0.15, 0.2) is 6.07 Å². The van der Waals surface area contributed by atoms with Gasteiger partial charge >= 0.3 is 0 Å². The van der Waals surface area contributed by atoms with Crippen molar-refractivity contribution >= 4 is 0 Å². The molecule has 0 spiro atoms. The first-order valence-corrected chi connectivity index (χ1v) is 5.53. The molecule has 1 aromatic heterocycles. The zero-order chi connectivity index (χ0) is 9.97. The van der Waals surface area contributed by atoms with Gasteiger partial charge in [0.15, 0.2) is 0 Å². The lowest BCUT2D eigenvalue weighted by Crippen LogP contribution is -2.12. The molecule has 1 saturated heterocycles. The van der Waals surface area contributed by atoms with Crippen molar-refractivity contribution in [3.63, 3.8) is 0 Å². The predicted octanol–water partition coefficient (Wildman–Crippen LogP) is 2.03. The number of hydrogen-bond donors (Lipinski definition) is 2. The molecule has 2 rings (SSSR count). The fourth-order valence-electron chi connectivity index (χ4n) is 2.04. The first-order valence-electron chi connectivity index (χ1n) is 5.53. The molecule has 0 radical (unpaired) electrons. The average molecular weight is 193 g/mol. The van der Waals surface area contributed by atoms with Gasteiger partial charge < -0.3 is 5.32 Å². The molecule has 1 aliphatic rings. The monoisotopic (exact) mass is 193 g/mol. The van der Waals surface area contributed by atoms with Crippen LogP contribution >= 0.6 is 0 Å². The molecule has 1 atom stereocenters. The van der Waals surface area contributed by atoms with Gasteiger partial charge in [0.1, 0.15) is 0 Å². The number of aromatic amines is 1. The van der Waals surface area contributed by atoms with Crippen LogP contribution in [-0.2, 0) is 6.42 Å². The van der Waals surface area contributed by atoms with Crippen molar-refractivity contribution in [1.29, 1.82) is 0 Å². The Hall–Kier alpha value is -0.830. The Bertz CT molecular complexity index is 284. The third-order valence-corrected chi connectivity index (χ3v) is 2.70.